The van der Waals surface area contributed by atoms with Crippen molar-refractivity contribution in [3.8, 4) is 0 Å². The number of benzene rings is 1. The van der Waals surface area contributed by atoms with Crippen molar-refractivity contribution in [2.75, 3.05) is 12.3 Å². The van der Waals surface area contributed by atoms with E-state index in [2.05, 4.69) is 29.6 Å². The van der Waals surface area contributed by atoms with Crippen molar-refractivity contribution in [1.82, 2.24) is 5.32 Å². The highest BCUT2D eigenvalue weighted by Crippen LogP contribution is 2.41. The predicted molar refractivity (Wildman–Crippen MR) is 74.8 cm³/mol. The molecular formula is C15H21NS. The van der Waals surface area contributed by atoms with E-state index in [-0.39, 0.29) is 0 Å². The van der Waals surface area contributed by atoms with Gasteiger partial charge in [-0.25, -0.2) is 0 Å². The number of hydrogen-bond donors (Lipinski definition) is 1. The number of rotatable bonds is 6. The van der Waals surface area contributed by atoms with Crippen LogP contribution in [-0.4, -0.2) is 18.3 Å². The van der Waals surface area contributed by atoms with E-state index < -0.39 is 0 Å². The highest BCUT2D eigenvalue weighted by atomic mass is 32.2. The molecule has 1 atom stereocenters. The summed E-state index contributed by atoms with van der Waals surface area (Å²) in [5, 5.41) is 3.60. The molecule has 2 aliphatic rings. The van der Waals surface area contributed by atoms with Crippen LogP contribution in [0.15, 0.2) is 29.2 Å². The van der Waals surface area contributed by atoms with Gasteiger partial charge in [-0.2, -0.15) is 0 Å². The van der Waals surface area contributed by atoms with Crippen LogP contribution >= 0.6 is 11.8 Å². The monoisotopic (exact) mass is 247 g/mol. The minimum Gasteiger partial charge on any atom is -0.314 e. The summed E-state index contributed by atoms with van der Waals surface area (Å²) in [7, 11) is 0. The number of unbranched alkanes of at least 4 members (excludes halogenated alkanes) is 1. The lowest BCUT2D eigenvalue weighted by molar-refractivity contribution is 0.569. The van der Waals surface area contributed by atoms with Crippen LogP contribution in [0.3, 0.4) is 0 Å². The third-order valence-corrected chi connectivity index (χ3v) is 5.04. The topological polar surface area (TPSA) is 12.0 Å². The van der Waals surface area contributed by atoms with Crippen LogP contribution in [0.1, 0.15) is 43.6 Å². The van der Waals surface area contributed by atoms with Gasteiger partial charge in [-0.15, -0.1) is 11.8 Å². The van der Waals surface area contributed by atoms with E-state index in [1.54, 1.807) is 5.56 Å². The van der Waals surface area contributed by atoms with Gasteiger partial charge in [-0.1, -0.05) is 24.6 Å². The Bertz CT molecular complexity index is 373. The molecule has 0 spiro atoms. The summed E-state index contributed by atoms with van der Waals surface area (Å²) >= 11 is 2.04. The second-order valence-electron chi connectivity index (χ2n) is 5.27. The van der Waals surface area contributed by atoms with Gasteiger partial charge in [-0.3, -0.25) is 0 Å². The average molecular weight is 247 g/mol. The molecule has 92 valence electrons. The Morgan fingerprint density at radius 1 is 1.18 bits per heavy atom. The summed E-state index contributed by atoms with van der Waals surface area (Å²) < 4.78 is 0. The van der Waals surface area contributed by atoms with Crippen molar-refractivity contribution in [3.05, 3.63) is 29.8 Å². The first kappa shape index (κ1) is 11.6. The highest BCUT2D eigenvalue weighted by Gasteiger charge is 2.22. The zero-order valence-electron chi connectivity index (χ0n) is 10.3. The molecule has 17 heavy (non-hydrogen) atoms. The second kappa shape index (κ2) is 5.45. The van der Waals surface area contributed by atoms with Gasteiger partial charge in [0, 0.05) is 16.7 Å². The molecule has 1 saturated carbocycles. The molecule has 1 aromatic rings. The Labute approximate surface area is 108 Å². The fourth-order valence-corrected chi connectivity index (χ4v) is 3.88. The molecule has 2 heteroatoms. The Kier molecular flexibility index (Phi) is 3.72. The molecule has 0 radical (unpaired) electrons. The van der Waals surface area contributed by atoms with Crippen molar-refractivity contribution in [3.63, 3.8) is 0 Å². The maximum Gasteiger partial charge on any atom is 0.0107 e. The molecule has 3 rings (SSSR count). The molecule has 1 unspecified atom stereocenters. The zero-order valence-corrected chi connectivity index (χ0v) is 11.1. The summed E-state index contributed by atoms with van der Waals surface area (Å²) in [5.41, 5.74) is 1.60. The SMILES string of the molecule is c1ccc2c(c1)SCC2CCCCNC1CC1. The van der Waals surface area contributed by atoms with E-state index in [9.17, 15) is 0 Å². The summed E-state index contributed by atoms with van der Waals surface area (Å²) in [6, 6.07) is 9.81. The maximum absolute atomic E-state index is 3.60. The Balaban J connectivity index is 1.40. The highest BCUT2D eigenvalue weighted by molar-refractivity contribution is 7.99. The molecule has 0 aromatic heterocycles. The van der Waals surface area contributed by atoms with Gasteiger partial charge in [0.15, 0.2) is 0 Å². The number of thioether (sulfide) groups is 1. The minimum atomic E-state index is 0.817. The fourth-order valence-electron chi connectivity index (χ4n) is 2.58. The molecular weight excluding hydrogens is 226 g/mol. The van der Waals surface area contributed by atoms with E-state index in [1.165, 1.54) is 49.3 Å². The van der Waals surface area contributed by atoms with Gasteiger partial charge in [0.25, 0.3) is 0 Å². The van der Waals surface area contributed by atoms with Gasteiger partial charge in [-0.05, 0) is 49.8 Å². The summed E-state index contributed by atoms with van der Waals surface area (Å²) in [6.45, 7) is 1.23. The largest absolute Gasteiger partial charge is 0.314 e. The van der Waals surface area contributed by atoms with Gasteiger partial charge in [0.2, 0.25) is 0 Å². The molecule has 1 aliphatic carbocycles. The molecule has 1 nitrogen and oxygen atoms in total. The van der Waals surface area contributed by atoms with Crippen molar-refractivity contribution < 1.29 is 0 Å². The third kappa shape index (κ3) is 3.05. The summed E-state index contributed by atoms with van der Waals surface area (Å²) in [5.74, 6) is 2.12. The van der Waals surface area contributed by atoms with E-state index in [0.29, 0.717) is 0 Å². The molecule has 1 aromatic carbocycles. The van der Waals surface area contributed by atoms with Crippen LogP contribution in [0.25, 0.3) is 0 Å². The average Bonchev–Trinajstić information content (AvgIpc) is 3.09. The number of fused-ring (bicyclic) bond motifs is 1. The van der Waals surface area contributed by atoms with Gasteiger partial charge in [0.05, 0.1) is 0 Å². The maximum atomic E-state index is 3.60. The lowest BCUT2D eigenvalue weighted by atomic mass is 9.95. The lowest BCUT2D eigenvalue weighted by Crippen LogP contribution is -2.17. The number of hydrogen-bond acceptors (Lipinski definition) is 2. The summed E-state index contributed by atoms with van der Waals surface area (Å²) in [4.78, 5) is 1.52. The second-order valence-corrected chi connectivity index (χ2v) is 6.33. The van der Waals surface area contributed by atoms with Gasteiger partial charge in [0.1, 0.15) is 0 Å². The van der Waals surface area contributed by atoms with Crippen molar-refractivity contribution in [2.24, 2.45) is 0 Å². The first-order valence-electron chi connectivity index (χ1n) is 6.88. The van der Waals surface area contributed by atoms with E-state index in [1.807, 2.05) is 11.8 Å². The van der Waals surface area contributed by atoms with Crippen LogP contribution in [0.2, 0.25) is 0 Å². The summed E-state index contributed by atoms with van der Waals surface area (Å²) in [6.07, 6.45) is 6.91. The normalized spacial score (nSPS) is 22.7. The van der Waals surface area contributed by atoms with E-state index in [0.717, 1.165) is 12.0 Å². The Morgan fingerprint density at radius 2 is 2.06 bits per heavy atom. The lowest BCUT2D eigenvalue weighted by Gasteiger charge is -2.10. The van der Waals surface area contributed by atoms with Gasteiger partial charge >= 0.3 is 0 Å². The molecule has 1 N–H and O–H groups in total. The van der Waals surface area contributed by atoms with Crippen molar-refractivity contribution in [2.45, 2.75) is 49.0 Å². The van der Waals surface area contributed by atoms with Crippen molar-refractivity contribution in [1.29, 1.82) is 0 Å². The Hall–Kier alpha value is -0.470. The van der Waals surface area contributed by atoms with E-state index in [4.69, 9.17) is 0 Å². The molecule has 1 fully saturated rings. The smallest absolute Gasteiger partial charge is 0.0107 e. The third-order valence-electron chi connectivity index (χ3n) is 3.79. The first-order valence-corrected chi connectivity index (χ1v) is 7.87. The number of nitrogens with one attached hydrogen (secondary N) is 1. The van der Waals surface area contributed by atoms with Crippen LogP contribution in [0.4, 0.5) is 0 Å². The zero-order chi connectivity index (χ0) is 11.5. The standard InChI is InChI=1S/C15H21NS/c1-2-7-15-14(6-1)12(11-17-15)5-3-4-10-16-13-8-9-13/h1-2,6-7,12-13,16H,3-5,8-11H2. The molecule has 0 bridgehead atoms. The Morgan fingerprint density at radius 3 is 2.94 bits per heavy atom. The fraction of sp³-hybridized carbons (Fsp3) is 0.600. The molecule has 0 saturated heterocycles. The minimum absolute atomic E-state index is 0.817. The molecule has 1 heterocycles. The van der Waals surface area contributed by atoms with Crippen LogP contribution < -0.4 is 5.32 Å². The first-order chi connectivity index (χ1) is 8.43. The van der Waals surface area contributed by atoms with Crippen LogP contribution in [0.5, 0.6) is 0 Å². The van der Waals surface area contributed by atoms with Gasteiger partial charge < -0.3 is 5.32 Å². The van der Waals surface area contributed by atoms with Crippen LogP contribution in [0, 0.1) is 0 Å². The quantitative estimate of drug-likeness (QED) is 0.767. The molecule has 1 aliphatic heterocycles. The van der Waals surface area contributed by atoms with Crippen LogP contribution in [-0.2, 0) is 0 Å². The van der Waals surface area contributed by atoms with E-state index >= 15 is 0 Å². The predicted octanol–water partition coefficient (Wildman–Crippen LogP) is 3.80. The molecule has 0 amide bonds. The van der Waals surface area contributed by atoms with Crippen molar-refractivity contribution >= 4 is 11.8 Å².